The minimum absolute atomic E-state index is 0.0611. The number of rotatable bonds is 3. The molecule has 2 rings (SSSR count). The quantitative estimate of drug-likeness (QED) is 0.907. The smallest absolute Gasteiger partial charge is 0.248 e. The van der Waals surface area contributed by atoms with Crippen LogP contribution in [0.15, 0.2) is 18.3 Å². The van der Waals surface area contributed by atoms with E-state index in [0.29, 0.717) is 13.0 Å². The second-order valence-electron chi connectivity index (χ2n) is 5.74. The van der Waals surface area contributed by atoms with Crippen LogP contribution in [-0.2, 0) is 16.1 Å². The van der Waals surface area contributed by atoms with Crippen molar-refractivity contribution in [3.8, 4) is 0 Å². The first kappa shape index (κ1) is 14.5. The maximum Gasteiger partial charge on any atom is 0.248 e. The molecule has 1 aliphatic rings. The van der Waals surface area contributed by atoms with E-state index in [-0.39, 0.29) is 11.8 Å². The lowest BCUT2D eigenvalue weighted by Crippen LogP contribution is -2.67. The summed E-state index contributed by atoms with van der Waals surface area (Å²) in [6.45, 7) is 7.71. The standard InChI is InChI=1S/C15H21N3O2/c1-5-12-13(19)17-15(3,4)14(20)18(12)9-11-10(2)7-6-8-16-11/h6-8,12H,5,9H2,1-4H3,(H,17,19). The average Bonchev–Trinajstić information content (AvgIpc) is 2.38. The normalized spacial score (nSPS) is 21.8. The summed E-state index contributed by atoms with van der Waals surface area (Å²) >= 11 is 0. The molecule has 0 spiro atoms. The summed E-state index contributed by atoms with van der Waals surface area (Å²) in [6.07, 6.45) is 2.31. The molecule has 2 heterocycles. The molecule has 0 aromatic carbocycles. The zero-order valence-electron chi connectivity index (χ0n) is 12.4. The van der Waals surface area contributed by atoms with Crippen molar-refractivity contribution >= 4 is 11.8 Å². The maximum absolute atomic E-state index is 12.6. The molecule has 0 aliphatic carbocycles. The predicted octanol–water partition coefficient (Wildman–Crippen LogP) is 1.41. The summed E-state index contributed by atoms with van der Waals surface area (Å²) in [5, 5.41) is 2.79. The SMILES string of the molecule is CCC1C(=O)NC(C)(C)C(=O)N1Cc1ncccc1C. The molecule has 1 fully saturated rings. The summed E-state index contributed by atoms with van der Waals surface area (Å²) in [4.78, 5) is 30.7. The number of aromatic nitrogens is 1. The fraction of sp³-hybridized carbons (Fsp3) is 0.533. The van der Waals surface area contributed by atoms with Gasteiger partial charge in [-0.05, 0) is 38.8 Å². The largest absolute Gasteiger partial charge is 0.340 e. The molecular formula is C15H21N3O2. The van der Waals surface area contributed by atoms with Crippen LogP contribution in [0.1, 0.15) is 38.4 Å². The third kappa shape index (κ3) is 2.53. The Balaban J connectivity index is 2.33. The van der Waals surface area contributed by atoms with Gasteiger partial charge in [-0.2, -0.15) is 0 Å². The number of pyridine rings is 1. The van der Waals surface area contributed by atoms with E-state index in [1.54, 1.807) is 24.9 Å². The highest BCUT2D eigenvalue weighted by molar-refractivity contribution is 5.99. The van der Waals surface area contributed by atoms with E-state index < -0.39 is 11.6 Å². The van der Waals surface area contributed by atoms with Crippen molar-refractivity contribution in [2.24, 2.45) is 0 Å². The van der Waals surface area contributed by atoms with Gasteiger partial charge in [0.2, 0.25) is 11.8 Å². The monoisotopic (exact) mass is 275 g/mol. The Morgan fingerprint density at radius 3 is 2.70 bits per heavy atom. The molecule has 5 nitrogen and oxygen atoms in total. The summed E-state index contributed by atoms with van der Waals surface area (Å²) in [7, 11) is 0. The number of nitrogens with one attached hydrogen (secondary N) is 1. The van der Waals surface area contributed by atoms with Crippen LogP contribution in [0.25, 0.3) is 0 Å². The lowest BCUT2D eigenvalue weighted by Gasteiger charge is -2.42. The van der Waals surface area contributed by atoms with Gasteiger partial charge < -0.3 is 10.2 Å². The molecule has 1 aromatic rings. The predicted molar refractivity (Wildman–Crippen MR) is 75.8 cm³/mol. The van der Waals surface area contributed by atoms with Gasteiger partial charge in [-0.15, -0.1) is 0 Å². The number of aryl methyl sites for hydroxylation is 1. The van der Waals surface area contributed by atoms with Gasteiger partial charge in [-0.3, -0.25) is 14.6 Å². The van der Waals surface area contributed by atoms with Gasteiger partial charge in [0.15, 0.2) is 0 Å². The molecule has 1 saturated heterocycles. The zero-order valence-corrected chi connectivity index (χ0v) is 12.4. The molecule has 0 saturated carbocycles. The van der Waals surface area contributed by atoms with Crippen molar-refractivity contribution in [1.29, 1.82) is 0 Å². The zero-order chi connectivity index (χ0) is 14.9. The highest BCUT2D eigenvalue weighted by Crippen LogP contribution is 2.22. The van der Waals surface area contributed by atoms with Crippen LogP contribution < -0.4 is 5.32 Å². The Morgan fingerprint density at radius 2 is 2.10 bits per heavy atom. The van der Waals surface area contributed by atoms with Crippen molar-refractivity contribution in [1.82, 2.24) is 15.2 Å². The first-order valence-corrected chi connectivity index (χ1v) is 6.90. The fourth-order valence-electron chi connectivity index (χ4n) is 2.52. The fourth-order valence-corrected chi connectivity index (χ4v) is 2.52. The number of carbonyl (C=O) groups excluding carboxylic acids is 2. The third-order valence-corrected chi connectivity index (χ3v) is 3.73. The van der Waals surface area contributed by atoms with Gasteiger partial charge in [0.25, 0.3) is 0 Å². The number of hydrogen-bond acceptors (Lipinski definition) is 3. The topological polar surface area (TPSA) is 62.3 Å². The van der Waals surface area contributed by atoms with E-state index in [1.807, 2.05) is 26.0 Å². The third-order valence-electron chi connectivity index (χ3n) is 3.73. The molecule has 0 bridgehead atoms. The van der Waals surface area contributed by atoms with Crippen LogP contribution in [0.2, 0.25) is 0 Å². The second-order valence-corrected chi connectivity index (χ2v) is 5.74. The van der Waals surface area contributed by atoms with E-state index in [4.69, 9.17) is 0 Å². The molecule has 2 amide bonds. The lowest BCUT2D eigenvalue weighted by atomic mass is 9.95. The molecule has 1 atom stereocenters. The molecule has 1 aliphatic heterocycles. The van der Waals surface area contributed by atoms with Crippen molar-refractivity contribution in [3.05, 3.63) is 29.6 Å². The Kier molecular flexibility index (Phi) is 3.79. The van der Waals surface area contributed by atoms with Gasteiger partial charge in [0.05, 0.1) is 12.2 Å². The van der Waals surface area contributed by atoms with Gasteiger partial charge in [0, 0.05) is 6.20 Å². The average molecular weight is 275 g/mol. The van der Waals surface area contributed by atoms with Gasteiger partial charge in [-0.25, -0.2) is 0 Å². The van der Waals surface area contributed by atoms with E-state index in [1.165, 1.54) is 0 Å². The lowest BCUT2D eigenvalue weighted by molar-refractivity contribution is -0.154. The van der Waals surface area contributed by atoms with Crippen LogP contribution in [0.5, 0.6) is 0 Å². The molecule has 1 unspecified atom stereocenters. The van der Waals surface area contributed by atoms with E-state index >= 15 is 0 Å². The Bertz CT molecular complexity index is 540. The number of piperazine rings is 1. The van der Waals surface area contributed by atoms with Gasteiger partial charge in [-0.1, -0.05) is 13.0 Å². The van der Waals surface area contributed by atoms with E-state index in [0.717, 1.165) is 11.3 Å². The minimum atomic E-state index is -0.856. The molecule has 20 heavy (non-hydrogen) atoms. The van der Waals surface area contributed by atoms with Crippen LogP contribution in [-0.4, -0.2) is 33.3 Å². The van der Waals surface area contributed by atoms with E-state index in [2.05, 4.69) is 10.3 Å². The number of nitrogens with zero attached hydrogens (tertiary/aromatic N) is 2. The van der Waals surface area contributed by atoms with Crippen molar-refractivity contribution in [2.75, 3.05) is 0 Å². The first-order chi connectivity index (χ1) is 9.36. The molecule has 1 N–H and O–H groups in total. The maximum atomic E-state index is 12.6. The van der Waals surface area contributed by atoms with E-state index in [9.17, 15) is 9.59 Å². The summed E-state index contributed by atoms with van der Waals surface area (Å²) in [6, 6.07) is 3.41. The van der Waals surface area contributed by atoms with Gasteiger partial charge in [0.1, 0.15) is 11.6 Å². The van der Waals surface area contributed by atoms with Crippen molar-refractivity contribution < 1.29 is 9.59 Å². The molecule has 5 heteroatoms. The Morgan fingerprint density at radius 1 is 1.40 bits per heavy atom. The van der Waals surface area contributed by atoms with Crippen LogP contribution in [0.4, 0.5) is 0 Å². The number of hydrogen-bond donors (Lipinski definition) is 1. The van der Waals surface area contributed by atoms with Crippen LogP contribution >= 0.6 is 0 Å². The molecule has 108 valence electrons. The number of carbonyl (C=O) groups is 2. The van der Waals surface area contributed by atoms with Crippen LogP contribution in [0.3, 0.4) is 0 Å². The highest BCUT2D eigenvalue weighted by atomic mass is 16.2. The molecular weight excluding hydrogens is 254 g/mol. The van der Waals surface area contributed by atoms with Crippen molar-refractivity contribution in [3.63, 3.8) is 0 Å². The number of amides is 2. The summed E-state index contributed by atoms with van der Waals surface area (Å²) in [5.74, 6) is -0.153. The minimum Gasteiger partial charge on any atom is -0.340 e. The summed E-state index contributed by atoms with van der Waals surface area (Å²) in [5.41, 5.74) is 1.01. The summed E-state index contributed by atoms with van der Waals surface area (Å²) < 4.78 is 0. The highest BCUT2D eigenvalue weighted by Gasteiger charge is 2.44. The van der Waals surface area contributed by atoms with Gasteiger partial charge >= 0.3 is 0 Å². The van der Waals surface area contributed by atoms with Crippen molar-refractivity contribution in [2.45, 2.75) is 52.2 Å². The second kappa shape index (κ2) is 5.23. The Hall–Kier alpha value is -1.91. The molecule has 1 aromatic heterocycles. The van der Waals surface area contributed by atoms with Crippen LogP contribution in [0, 0.1) is 6.92 Å². The molecule has 0 radical (unpaired) electrons. The Labute approximate surface area is 119 Å². The first-order valence-electron chi connectivity index (χ1n) is 6.90.